The van der Waals surface area contributed by atoms with Gasteiger partial charge in [0.2, 0.25) is 11.8 Å². The molecule has 0 radical (unpaired) electrons. The van der Waals surface area contributed by atoms with E-state index in [9.17, 15) is 19.8 Å². The minimum absolute atomic E-state index is 0.114. The Labute approximate surface area is 143 Å². The molecule has 0 aromatic carbocycles. The predicted molar refractivity (Wildman–Crippen MR) is 92.7 cm³/mol. The number of carbonyl (C=O) groups excluding carboxylic acids is 2. The molecule has 2 rings (SSSR count). The molecule has 134 valence electrons. The summed E-state index contributed by atoms with van der Waals surface area (Å²) in [7, 11) is 0. The smallest absolute Gasteiger partial charge is 0.233 e. The fourth-order valence-corrected chi connectivity index (χ4v) is 3.59. The summed E-state index contributed by atoms with van der Waals surface area (Å²) in [6.07, 6.45) is 11.8. The van der Waals surface area contributed by atoms with Crippen LogP contribution in [0, 0.1) is 5.92 Å². The van der Waals surface area contributed by atoms with Crippen molar-refractivity contribution >= 4 is 11.7 Å². The highest BCUT2D eigenvalue weighted by atomic mass is 16.3. The summed E-state index contributed by atoms with van der Waals surface area (Å²) in [5.41, 5.74) is -0.114. The van der Waals surface area contributed by atoms with E-state index in [1.807, 2.05) is 6.92 Å². The third kappa shape index (κ3) is 4.62. The molecule has 1 fully saturated rings. The van der Waals surface area contributed by atoms with Crippen LogP contribution in [0.15, 0.2) is 6.20 Å². The van der Waals surface area contributed by atoms with Gasteiger partial charge in [0.05, 0.1) is 6.20 Å². The number of aromatic hydroxyl groups is 2. The number of ketones is 1. The monoisotopic (exact) mass is 335 g/mol. The molecule has 1 aromatic rings. The number of Topliss-reactive ketones (excluding diaryl/α,β-unsaturated/α-hetero) is 1. The lowest BCUT2D eigenvalue weighted by atomic mass is 9.85. The number of rotatable bonds is 8. The first-order valence-electron chi connectivity index (χ1n) is 9.24. The molecule has 5 nitrogen and oxygen atoms in total. The van der Waals surface area contributed by atoms with Gasteiger partial charge < -0.3 is 10.2 Å². The van der Waals surface area contributed by atoms with Crippen LogP contribution in [0.1, 0.15) is 92.7 Å². The Hall–Kier alpha value is -1.78. The number of carbonyl (C=O) groups is 2. The number of aromatic nitrogens is 1. The molecule has 0 amide bonds. The minimum atomic E-state index is -0.428. The molecule has 24 heavy (non-hydrogen) atoms. The number of hydrogen-bond donors (Lipinski definition) is 2. The van der Waals surface area contributed by atoms with Gasteiger partial charge in [0, 0.05) is 12.8 Å². The van der Waals surface area contributed by atoms with Gasteiger partial charge in [-0.15, -0.1) is 0 Å². The van der Waals surface area contributed by atoms with Crippen LogP contribution in [-0.4, -0.2) is 26.5 Å². The van der Waals surface area contributed by atoms with Crippen LogP contribution >= 0.6 is 0 Å². The van der Waals surface area contributed by atoms with Gasteiger partial charge in [-0.1, -0.05) is 51.9 Å². The van der Waals surface area contributed by atoms with Crippen molar-refractivity contribution in [2.24, 2.45) is 5.92 Å². The molecule has 0 spiro atoms. The summed E-state index contributed by atoms with van der Waals surface area (Å²) in [5.74, 6) is -0.556. The Balaban J connectivity index is 1.86. The molecular formula is C19H29NO4. The van der Waals surface area contributed by atoms with Gasteiger partial charge in [0.15, 0.2) is 5.78 Å². The Morgan fingerprint density at radius 3 is 2.50 bits per heavy atom. The van der Waals surface area contributed by atoms with Crippen LogP contribution in [0.2, 0.25) is 0 Å². The zero-order valence-corrected chi connectivity index (χ0v) is 14.6. The van der Waals surface area contributed by atoms with Crippen LogP contribution in [0.25, 0.3) is 0 Å². The number of hydrogen-bond acceptors (Lipinski definition) is 4. The average molecular weight is 335 g/mol. The summed E-state index contributed by atoms with van der Waals surface area (Å²) in [4.78, 5) is 24.2. The van der Waals surface area contributed by atoms with Gasteiger partial charge >= 0.3 is 0 Å². The van der Waals surface area contributed by atoms with Gasteiger partial charge in [-0.3, -0.25) is 14.2 Å². The first-order valence-corrected chi connectivity index (χ1v) is 9.24. The summed E-state index contributed by atoms with van der Waals surface area (Å²) in [5, 5.41) is 20.0. The van der Waals surface area contributed by atoms with Crippen molar-refractivity contribution in [1.29, 1.82) is 0 Å². The summed E-state index contributed by atoms with van der Waals surface area (Å²) in [6, 6.07) is 0. The zero-order valence-electron chi connectivity index (χ0n) is 14.6. The molecule has 1 saturated carbocycles. The summed E-state index contributed by atoms with van der Waals surface area (Å²) >= 11 is 0. The van der Waals surface area contributed by atoms with Crippen LogP contribution < -0.4 is 0 Å². The second kappa shape index (κ2) is 8.90. The third-order valence-electron chi connectivity index (χ3n) is 4.96. The maximum Gasteiger partial charge on any atom is 0.233 e. The van der Waals surface area contributed by atoms with Gasteiger partial charge in [0.1, 0.15) is 11.3 Å². The van der Waals surface area contributed by atoms with E-state index in [1.54, 1.807) is 0 Å². The van der Waals surface area contributed by atoms with Gasteiger partial charge in [-0.2, -0.15) is 0 Å². The van der Waals surface area contributed by atoms with Crippen molar-refractivity contribution in [3.63, 3.8) is 0 Å². The third-order valence-corrected chi connectivity index (χ3v) is 4.96. The molecule has 1 aliphatic carbocycles. The highest BCUT2D eigenvalue weighted by Gasteiger charge is 2.24. The number of unbranched alkanes of at least 4 members (excludes halogenated alkanes) is 1. The Bertz CT molecular complexity index is 570. The van der Waals surface area contributed by atoms with E-state index in [2.05, 4.69) is 0 Å². The van der Waals surface area contributed by atoms with Crippen molar-refractivity contribution in [2.75, 3.05) is 0 Å². The van der Waals surface area contributed by atoms with Crippen LogP contribution in [0.5, 0.6) is 11.6 Å². The second-order valence-electron chi connectivity index (χ2n) is 6.90. The molecule has 1 aromatic heterocycles. The first-order chi connectivity index (χ1) is 11.5. The average Bonchev–Trinajstić information content (AvgIpc) is 2.87. The van der Waals surface area contributed by atoms with Crippen LogP contribution in [0.4, 0.5) is 0 Å². The molecule has 1 heterocycles. The normalized spacial score (nSPS) is 15.5. The van der Waals surface area contributed by atoms with Crippen molar-refractivity contribution in [3.8, 4) is 11.6 Å². The van der Waals surface area contributed by atoms with Crippen molar-refractivity contribution in [1.82, 2.24) is 4.57 Å². The molecule has 2 N–H and O–H groups in total. The number of nitrogens with zero attached hydrogens (tertiary/aromatic N) is 1. The van der Waals surface area contributed by atoms with Crippen molar-refractivity contribution < 1.29 is 19.8 Å². The fraction of sp³-hybridized carbons (Fsp3) is 0.684. The Morgan fingerprint density at radius 1 is 1.12 bits per heavy atom. The standard InChI is InChI=1S/C19H29NO4/c1-2-8-17(23)20-13-16(22)18(19(20)24)15(21)12-7-6-11-14-9-4-3-5-10-14/h13-14,22,24H,2-12H2,1H3. The van der Waals surface area contributed by atoms with Crippen molar-refractivity contribution in [2.45, 2.75) is 77.6 Å². The lowest BCUT2D eigenvalue weighted by molar-refractivity contribution is 0.0892. The highest BCUT2D eigenvalue weighted by molar-refractivity contribution is 6.02. The zero-order chi connectivity index (χ0) is 17.5. The van der Waals surface area contributed by atoms with E-state index in [0.29, 0.717) is 12.8 Å². The maximum atomic E-state index is 12.3. The topological polar surface area (TPSA) is 79.5 Å². The lowest BCUT2D eigenvalue weighted by Gasteiger charge is -2.21. The van der Waals surface area contributed by atoms with Crippen molar-refractivity contribution in [3.05, 3.63) is 11.8 Å². The highest BCUT2D eigenvalue weighted by Crippen LogP contribution is 2.32. The molecule has 0 atom stereocenters. The quantitative estimate of drug-likeness (QED) is 0.535. The largest absolute Gasteiger partial charge is 0.505 e. The van der Waals surface area contributed by atoms with Gasteiger partial charge in [-0.05, 0) is 18.8 Å². The molecule has 1 aliphatic rings. The van der Waals surface area contributed by atoms with Crippen LogP contribution in [0.3, 0.4) is 0 Å². The Morgan fingerprint density at radius 2 is 1.83 bits per heavy atom. The lowest BCUT2D eigenvalue weighted by Crippen LogP contribution is -2.09. The van der Waals surface area contributed by atoms with E-state index in [0.717, 1.165) is 35.9 Å². The molecule has 5 heteroatoms. The summed E-state index contributed by atoms with van der Waals surface area (Å²) in [6.45, 7) is 1.86. The van der Waals surface area contributed by atoms with E-state index < -0.39 is 5.88 Å². The van der Waals surface area contributed by atoms with Crippen LogP contribution in [-0.2, 0) is 0 Å². The molecule has 0 saturated heterocycles. The molecule has 0 unspecified atom stereocenters. The van der Waals surface area contributed by atoms with E-state index in [-0.39, 0.29) is 29.4 Å². The maximum absolute atomic E-state index is 12.3. The predicted octanol–water partition coefficient (Wildman–Crippen LogP) is 4.66. The SMILES string of the molecule is CCCC(=O)n1cc(O)c(C(=O)CCCCC2CCCCC2)c1O. The summed E-state index contributed by atoms with van der Waals surface area (Å²) < 4.78 is 0.980. The first kappa shape index (κ1) is 18.6. The van der Waals surface area contributed by atoms with E-state index in [1.165, 1.54) is 32.1 Å². The Kier molecular flexibility index (Phi) is 6.88. The molecule has 0 bridgehead atoms. The second-order valence-corrected chi connectivity index (χ2v) is 6.90. The molecule has 0 aliphatic heterocycles. The van der Waals surface area contributed by atoms with Gasteiger partial charge in [-0.25, -0.2) is 0 Å². The molecular weight excluding hydrogens is 306 g/mol. The van der Waals surface area contributed by atoms with Gasteiger partial charge in [0.25, 0.3) is 0 Å². The van der Waals surface area contributed by atoms with E-state index >= 15 is 0 Å². The minimum Gasteiger partial charge on any atom is -0.505 e. The fourth-order valence-electron chi connectivity index (χ4n) is 3.59. The van der Waals surface area contributed by atoms with E-state index in [4.69, 9.17) is 0 Å².